The van der Waals surface area contributed by atoms with Crippen LogP contribution in [0.1, 0.15) is 0 Å². The van der Waals surface area contributed by atoms with Crippen LogP contribution in [0.15, 0.2) is 0 Å². The first-order valence-electron chi connectivity index (χ1n) is 5.52. The van der Waals surface area contributed by atoms with Gasteiger partial charge in [0, 0.05) is 40.4 Å². The van der Waals surface area contributed by atoms with E-state index in [-0.39, 0.29) is 49.2 Å². The minimum absolute atomic E-state index is 0. The summed E-state index contributed by atoms with van der Waals surface area (Å²) in [6, 6.07) is 0. The van der Waals surface area contributed by atoms with E-state index in [9.17, 15) is 0 Å². The van der Waals surface area contributed by atoms with E-state index in [0.717, 1.165) is 13.1 Å². The average molecular weight is 307 g/mol. The van der Waals surface area contributed by atoms with Gasteiger partial charge in [-0.2, -0.15) is 0 Å². The highest BCUT2D eigenvalue weighted by atomic mass is 35.5. The van der Waals surface area contributed by atoms with Crippen molar-refractivity contribution in [1.82, 2.24) is 10.6 Å². The molecule has 18 heavy (non-hydrogen) atoms. The third-order valence-electron chi connectivity index (χ3n) is 2.86. The zero-order valence-electron chi connectivity index (χ0n) is 10.7. The minimum Gasteiger partial charge on any atom is -0.389 e. The van der Waals surface area contributed by atoms with E-state index in [2.05, 4.69) is 10.6 Å². The number of nitrogens with one attached hydrogen (secondary N) is 2. The van der Waals surface area contributed by atoms with Crippen LogP contribution >= 0.6 is 24.8 Å². The van der Waals surface area contributed by atoms with E-state index in [1.165, 1.54) is 0 Å². The Balaban J connectivity index is 0. The fourth-order valence-corrected chi connectivity index (χ4v) is 1.76. The van der Waals surface area contributed by atoms with Crippen LogP contribution in [-0.4, -0.2) is 75.0 Å². The highest BCUT2D eigenvalue weighted by Crippen LogP contribution is 2.02. The zero-order chi connectivity index (χ0) is 12.0. The lowest BCUT2D eigenvalue weighted by Crippen LogP contribution is -2.25. The van der Waals surface area contributed by atoms with Crippen LogP contribution in [0.3, 0.4) is 0 Å². The van der Waals surface area contributed by atoms with Crippen LogP contribution < -0.4 is 10.6 Å². The van der Waals surface area contributed by atoms with Crippen molar-refractivity contribution >= 4 is 24.8 Å². The van der Waals surface area contributed by atoms with Crippen molar-refractivity contribution in [3.63, 3.8) is 0 Å². The number of rotatable bonds is 2. The molecule has 4 atom stereocenters. The van der Waals surface area contributed by atoms with Gasteiger partial charge >= 0.3 is 0 Å². The number of aliphatic hydroxyl groups excluding tert-OH is 2. The van der Waals surface area contributed by atoms with Gasteiger partial charge in [-0.05, 0) is 0 Å². The molecule has 0 aliphatic carbocycles. The maximum atomic E-state index is 9.00. The molecule has 0 aromatic carbocycles. The van der Waals surface area contributed by atoms with Gasteiger partial charge in [0.2, 0.25) is 0 Å². The lowest BCUT2D eigenvalue weighted by atomic mass is 10.3. The molecular formula is C10H24Cl2N2O4. The smallest absolute Gasteiger partial charge is 0.0966 e. The van der Waals surface area contributed by atoms with Gasteiger partial charge in [0.1, 0.15) is 0 Å². The summed E-state index contributed by atoms with van der Waals surface area (Å²) in [7, 11) is 3.22. The molecule has 2 aliphatic heterocycles. The molecule has 2 saturated heterocycles. The highest BCUT2D eigenvalue weighted by Gasteiger charge is 2.24. The van der Waals surface area contributed by atoms with Crippen LogP contribution in [-0.2, 0) is 9.47 Å². The Morgan fingerprint density at radius 3 is 1.22 bits per heavy atom. The molecule has 8 heteroatoms. The Hall–Kier alpha value is 0.340. The lowest BCUT2D eigenvalue weighted by Gasteiger charge is -2.08. The van der Waals surface area contributed by atoms with Crippen molar-refractivity contribution < 1.29 is 19.7 Å². The molecule has 0 amide bonds. The van der Waals surface area contributed by atoms with Crippen LogP contribution in [0.25, 0.3) is 0 Å². The SMILES string of the molecule is CO[C@@H]1CNC[C@H]1O.CO[C@H]1CNC[C@@H]1O.Cl.Cl. The van der Waals surface area contributed by atoms with Gasteiger partial charge in [0.25, 0.3) is 0 Å². The van der Waals surface area contributed by atoms with E-state index in [0.29, 0.717) is 13.1 Å². The summed E-state index contributed by atoms with van der Waals surface area (Å²) in [5, 5.41) is 24.0. The number of methoxy groups -OCH3 is 2. The second kappa shape index (κ2) is 11.2. The molecule has 0 saturated carbocycles. The molecular weight excluding hydrogens is 283 g/mol. The lowest BCUT2D eigenvalue weighted by molar-refractivity contribution is 0.0217. The monoisotopic (exact) mass is 306 g/mol. The number of hydrogen-bond donors (Lipinski definition) is 4. The second-order valence-electron chi connectivity index (χ2n) is 4.00. The third-order valence-corrected chi connectivity index (χ3v) is 2.86. The topological polar surface area (TPSA) is 83.0 Å². The quantitative estimate of drug-likeness (QED) is 0.512. The second-order valence-corrected chi connectivity index (χ2v) is 4.00. The van der Waals surface area contributed by atoms with Gasteiger partial charge in [0.05, 0.1) is 24.4 Å². The van der Waals surface area contributed by atoms with Crippen molar-refractivity contribution in [3.05, 3.63) is 0 Å². The fraction of sp³-hybridized carbons (Fsp3) is 1.00. The van der Waals surface area contributed by atoms with Gasteiger partial charge in [-0.3, -0.25) is 0 Å². The van der Waals surface area contributed by atoms with Crippen LogP contribution in [0.4, 0.5) is 0 Å². The van der Waals surface area contributed by atoms with Gasteiger partial charge < -0.3 is 30.3 Å². The van der Waals surface area contributed by atoms with Crippen LogP contribution in [0, 0.1) is 0 Å². The summed E-state index contributed by atoms with van der Waals surface area (Å²) >= 11 is 0. The summed E-state index contributed by atoms with van der Waals surface area (Å²) in [6.07, 6.45) is -0.593. The highest BCUT2D eigenvalue weighted by molar-refractivity contribution is 5.85. The van der Waals surface area contributed by atoms with Gasteiger partial charge in [-0.25, -0.2) is 0 Å². The number of β-amino-alcohol motifs (C(OH)–C–C–N with tert-alkyl or cyclic N) is 2. The molecule has 0 radical (unpaired) electrons. The third kappa shape index (κ3) is 6.49. The number of aliphatic hydroxyl groups is 2. The van der Waals surface area contributed by atoms with Crippen LogP contribution in [0.2, 0.25) is 0 Å². The molecule has 2 heterocycles. The van der Waals surface area contributed by atoms with Crippen molar-refractivity contribution in [2.24, 2.45) is 0 Å². The van der Waals surface area contributed by atoms with E-state index in [1.807, 2.05) is 0 Å². The predicted molar refractivity (Wildman–Crippen MR) is 73.8 cm³/mol. The van der Waals surface area contributed by atoms with Crippen molar-refractivity contribution in [2.45, 2.75) is 24.4 Å². The molecule has 0 bridgehead atoms. The van der Waals surface area contributed by atoms with Crippen molar-refractivity contribution in [3.8, 4) is 0 Å². The van der Waals surface area contributed by atoms with E-state index < -0.39 is 0 Å². The molecule has 112 valence electrons. The molecule has 6 nitrogen and oxygen atoms in total. The van der Waals surface area contributed by atoms with Gasteiger partial charge in [0.15, 0.2) is 0 Å². The Kier molecular flexibility index (Phi) is 12.8. The van der Waals surface area contributed by atoms with Gasteiger partial charge in [-0.15, -0.1) is 24.8 Å². The molecule has 2 aliphatic rings. The first-order chi connectivity index (χ1) is 7.69. The van der Waals surface area contributed by atoms with E-state index in [4.69, 9.17) is 19.7 Å². The zero-order valence-corrected chi connectivity index (χ0v) is 12.3. The minimum atomic E-state index is -0.306. The summed E-state index contributed by atoms with van der Waals surface area (Å²) in [4.78, 5) is 0. The first kappa shape index (κ1) is 20.7. The number of halogens is 2. The Labute approximate surface area is 120 Å². The molecule has 4 N–H and O–H groups in total. The van der Waals surface area contributed by atoms with E-state index in [1.54, 1.807) is 14.2 Å². The summed E-state index contributed by atoms with van der Waals surface area (Å²) in [5.41, 5.74) is 0. The summed E-state index contributed by atoms with van der Waals surface area (Å²) in [5.74, 6) is 0. The fourth-order valence-electron chi connectivity index (χ4n) is 1.76. The Bertz CT molecular complexity index is 183. The largest absolute Gasteiger partial charge is 0.389 e. The summed E-state index contributed by atoms with van der Waals surface area (Å²) in [6.45, 7) is 2.88. The standard InChI is InChI=1S/2C5H11NO2.2ClH/c2*1-8-5-3-6-2-4(5)7;;/h2*4-7H,2-3H2,1H3;2*1H/t2*4-,5-;;/m10../s1. The normalized spacial score (nSPS) is 34.0. The molecule has 0 aromatic heterocycles. The van der Waals surface area contributed by atoms with Crippen molar-refractivity contribution in [1.29, 1.82) is 0 Å². The maximum Gasteiger partial charge on any atom is 0.0966 e. The Morgan fingerprint density at radius 2 is 1.11 bits per heavy atom. The predicted octanol–water partition coefficient (Wildman–Crippen LogP) is -1.23. The molecule has 0 spiro atoms. The summed E-state index contributed by atoms with van der Waals surface area (Å²) < 4.78 is 9.82. The average Bonchev–Trinajstić information content (AvgIpc) is 2.87. The molecule has 0 unspecified atom stereocenters. The Morgan fingerprint density at radius 1 is 0.778 bits per heavy atom. The number of ether oxygens (including phenoxy) is 2. The van der Waals surface area contributed by atoms with Crippen molar-refractivity contribution in [2.75, 3.05) is 40.4 Å². The number of hydrogen-bond acceptors (Lipinski definition) is 6. The first-order valence-corrected chi connectivity index (χ1v) is 5.52. The van der Waals surface area contributed by atoms with Gasteiger partial charge in [-0.1, -0.05) is 0 Å². The molecule has 2 rings (SSSR count). The molecule has 2 fully saturated rings. The van der Waals surface area contributed by atoms with Crippen LogP contribution in [0.5, 0.6) is 0 Å². The molecule has 0 aromatic rings. The maximum absolute atomic E-state index is 9.00. The van der Waals surface area contributed by atoms with E-state index >= 15 is 0 Å².